The fourth-order valence-corrected chi connectivity index (χ4v) is 0.938. The minimum atomic E-state index is -0.287. The molecule has 2 heteroatoms. The molecular formula is C9H15ClO. The molecule has 0 aliphatic heterocycles. The van der Waals surface area contributed by atoms with E-state index in [2.05, 4.69) is 19.1 Å². The Bertz CT molecular complexity index is 121. The molecule has 0 aromatic heterocycles. The SMILES string of the molecule is CC/C=C\CCCC(Cl)C=O. The summed E-state index contributed by atoms with van der Waals surface area (Å²) in [5.74, 6) is 0. The first kappa shape index (κ1) is 10.7. The minimum absolute atomic E-state index is 0.287. The lowest BCUT2D eigenvalue weighted by Crippen LogP contribution is -1.97. The van der Waals surface area contributed by atoms with Gasteiger partial charge >= 0.3 is 0 Å². The van der Waals surface area contributed by atoms with Crippen molar-refractivity contribution in [2.45, 2.75) is 38.0 Å². The van der Waals surface area contributed by atoms with Crippen LogP contribution in [0.15, 0.2) is 12.2 Å². The van der Waals surface area contributed by atoms with Crippen LogP contribution in [-0.2, 0) is 4.79 Å². The maximum atomic E-state index is 10.1. The van der Waals surface area contributed by atoms with Crippen molar-refractivity contribution >= 4 is 17.9 Å². The van der Waals surface area contributed by atoms with E-state index in [4.69, 9.17) is 11.6 Å². The van der Waals surface area contributed by atoms with Crippen molar-refractivity contribution < 1.29 is 4.79 Å². The van der Waals surface area contributed by atoms with E-state index in [0.717, 1.165) is 32.0 Å². The molecular weight excluding hydrogens is 160 g/mol. The van der Waals surface area contributed by atoms with Crippen LogP contribution in [0.4, 0.5) is 0 Å². The summed E-state index contributed by atoms with van der Waals surface area (Å²) in [6.45, 7) is 2.10. The Morgan fingerprint density at radius 1 is 1.45 bits per heavy atom. The zero-order valence-corrected chi connectivity index (χ0v) is 7.68. The molecule has 0 amide bonds. The molecule has 0 N–H and O–H groups in total. The number of halogens is 1. The maximum absolute atomic E-state index is 10.1. The van der Waals surface area contributed by atoms with Crippen molar-refractivity contribution in [3.05, 3.63) is 12.2 Å². The number of alkyl halides is 1. The smallest absolute Gasteiger partial charge is 0.137 e. The highest BCUT2D eigenvalue weighted by Gasteiger charge is 1.98. The third-order valence-electron chi connectivity index (χ3n) is 1.40. The molecule has 1 atom stereocenters. The van der Waals surface area contributed by atoms with Crippen LogP contribution in [0, 0.1) is 0 Å². The molecule has 64 valence electrons. The molecule has 0 bridgehead atoms. The molecule has 0 saturated heterocycles. The average molecular weight is 175 g/mol. The minimum Gasteiger partial charge on any atom is -0.302 e. The van der Waals surface area contributed by atoms with Crippen LogP contribution in [0.1, 0.15) is 32.6 Å². The summed E-state index contributed by atoms with van der Waals surface area (Å²) in [7, 11) is 0. The molecule has 0 rings (SSSR count). The van der Waals surface area contributed by atoms with E-state index in [-0.39, 0.29) is 5.38 Å². The van der Waals surface area contributed by atoms with Crippen LogP contribution in [0.3, 0.4) is 0 Å². The number of allylic oxidation sites excluding steroid dienone is 2. The van der Waals surface area contributed by atoms with E-state index in [1.165, 1.54) is 0 Å². The van der Waals surface area contributed by atoms with Crippen LogP contribution in [0.5, 0.6) is 0 Å². The first-order valence-corrected chi connectivity index (χ1v) is 4.49. The van der Waals surface area contributed by atoms with Gasteiger partial charge in [-0.15, -0.1) is 11.6 Å². The molecule has 0 spiro atoms. The second kappa shape index (κ2) is 7.80. The number of hydrogen-bond donors (Lipinski definition) is 0. The largest absolute Gasteiger partial charge is 0.302 e. The summed E-state index contributed by atoms with van der Waals surface area (Å²) in [4.78, 5) is 10.1. The lowest BCUT2D eigenvalue weighted by molar-refractivity contribution is -0.107. The van der Waals surface area contributed by atoms with Gasteiger partial charge in [0.15, 0.2) is 0 Å². The lowest BCUT2D eigenvalue weighted by Gasteiger charge is -1.97. The van der Waals surface area contributed by atoms with E-state index >= 15 is 0 Å². The summed E-state index contributed by atoms with van der Waals surface area (Å²) in [5.41, 5.74) is 0. The zero-order chi connectivity index (χ0) is 8.53. The number of hydrogen-bond acceptors (Lipinski definition) is 1. The zero-order valence-electron chi connectivity index (χ0n) is 6.92. The fourth-order valence-electron chi connectivity index (χ4n) is 0.783. The van der Waals surface area contributed by atoms with Crippen molar-refractivity contribution in [1.29, 1.82) is 0 Å². The summed E-state index contributed by atoms with van der Waals surface area (Å²) in [6.07, 6.45) is 8.97. The van der Waals surface area contributed by atoms with Gasteiger partial charge in [-0.1, -0.05) is 19.1 Å². The molecule has 1 unspecified atom stereocenters. The Morgan fingerprint density at radius 3 is 2.73 bits per heavy atom. The Balaban J connectivity index is 3.13. The van der Waals surface area contributed by atoms with E-state index in [0.29, 0.717) is 0 Å². The van der Waals surface area contributed by atoms with Crippen molar-refractivity contribution in [1.82, 2.24) is 0 Å². The Kier molecular flexibility index (Phi) is 7.59. The number of carbonyl (C=O) groups excluding carboxylic acids is 1. The summed E-state index contributed by atoms with van der Waals surface area (Å²) in [5, 5.41) is -0.287. The van der Waals surface area contributed by atoms with E-state index in [1.54, 1.807) is 0 Å². The average Bonchev–Trinajstić information content (AvgIpc) is 2.04. The van der Waals surface area contributed by atoms with Gasteiger partial charge in [-0.3, -0.25) is 0 Å². The molecule has 0 aromatic carbocycles. The van der Waals surface area contributed by atoms with Gasteiger partial charge in [0.25, 0.3) is 0 Å². The second-order valence-corrected chi connectivity index (χ2v) is 3.02. The maximum Gasteiger partial charge on any atom is 0.137 e. The molecule has 0 aliphatic carbocycles. The Labute approximate surface area is 73.4 Å². The standard InChI is InChI=1S/C9H15ClO/c1-2-3-4-5-6-7-9(10)8-11/h3-4,8-9H,2,5-7H2,1H3/b4-3-. The number of rotatable bonds is 6. The Morgan fingerprint density at radius 2 is 2.18 bits per heavy atom. The highest BCUT2D eigenvalue weighted by molar-refractivity contribution is 6.27. The predicted octanol–water partition coefficient (Wildman–Crippen LogP) is 2.93. The van der Waals surface area contributed by atoms with Crippen LogP contribution in [-0.4, -0.2) is 11.7 Å². The second-order valence-electron chi connectivity index (χ2n) is 2.46. The normalized spacial score (nSPS) is 13.6. The quantitative estimate of drug-likeness (QED) is 0.262. The first-order chi connectivity index (χ1) is 5.31. The van der Waals surface area contributed by atoms with Gasteiger partial charge < -0.3 is 4.79 Å². The van der Waals surface area contributed by atoms with E-state index in [1.807, 2.05) is 0 Å². The molecule has 0 aliphatic rings. The predicted molar refractivity (Wildman–Crippen MR) is 49.0 cm³/mol. The summed E-state index contributed by atoms with van der Waals surface area (Å²) >= 11 is 5.59. The molecule has 0 heterocycles. The molecule has 0 aromatic rings. The van der Waals surface area contributed by atoms with Crippen molar-refractivity contribution in [3.8, 4) is 0 Å². The number of aldehydes is 1. The van der Waals surface area contributed by atoms with Crippen molar-refractivity contribution in [2.24, 2.45) is 0 Å². The molecule has 0 saturated carbocycles. The third kappa shape index (κ3) is 7.60. The van der Waals surface area contributed by atoms with Crippen LogP contribution in [0.2, 0.25) is 0 Å². The van der Waals surface area contributed by atoms with Gasteiger partial charge in [-0.2, -0.15) is 0 Å². The van der Waals surface area contributed by atoms with Gasteiger partial charge in [0.1, 0.15) is 6.29 Å². The van der Waals surface area contributed by atoms with Crippen molar-refractivity contribution in [2.75, 3.05) is 0 Å². The summed E-state index contributed by atoms with van der Waals surface area (Å²) < 4.78 is 0. The van der Waals surface area contributed by atoms with E-state index < -0.39 is 0 Å². The molecule has 0 fully saturated rings. The van der Waals surface area contributed by atoms with Gasteiger partial charge in [-0.05, 0) is 25.7 Å². The number of unbranched alkanes of at least 4 members (excludes halogenated alkanes) is 1. The summed E-state index contributed by atoms with van der Waals surface area (Å²) in [6, 6.07) is 0. The van der Waals surface area contributed by atoms with Gasteiger partial charge in [0.05, 0.1) is 5.38 Å². The third-order valence-corrected chi connectivity index (χ3v) is 1.72. The van der Waals surface area contributed by atoms with E-state index in [9.17, 15) is 4.79 Å². The molecule has 1 nitrogen and oxygen atoms in total. The Hall–Kier alpha value is -0.300. The number of carbonyl (C=O) groups is 1. The fraction of sp³-hybridized carbons (Fsp3) is 0.667. The van der Waals surface area contributed by atoms with Crippen molar-refractivity contribution in [3.63, 3.8) is 0 Å². The molecule has 0 radical (unpaired) electrons. The van der Waals surface area contributed by atoms with Crippen LogP contribution >= 0.6 is 11.6 Å². The van der Waals surface area contributed by atoms with Gasteiger partial charge in [0, 0.05) is 0 Å². The van der Waals surface area contributed by atoms with Gasteiger partial charge in [-0.25, -0.2) is 0 Å². The first-order valence-electron chi connectivity index (χ1n) is 4.05. The van der Waals surface area contributed by atoms with Crippen LogP contribution < -0.4 is 0 Å². The monoisotopic (exact) mass is 174 g/mol. The molecule has 11 heavy (non-hydrogen) atoms. The lowest BCUT2D eigenvalue weighted by atomic mass is 10.2. The highest BCUT2D eigenvalue weighted by Crippen LogP contribution is 2.05. The van der Waals surface area contributed by atoms with Crippen LogP contribution in [0.25, 0.3) is 0 Å². The topological polar surface area (TPSA) is 17.1 Å². The van der Waals surface area contributed by atoms with Gasteiger partial charge in [0.2, 0.25) is 0 Å². The highest BCUT2D eigenvalue weighted by atomic mass is 35.5.